The summed E-state index contributed by atoms with van der Waals surface area (Å²) in [5, 5.41) is 10.9. The lowest BCUT2D eigenvalue weighted by Crippen LogP contribution is -2.52. The number of rotatable bonds is 5. The third-order valence-corrected chi connectivity index (χ3v) is 10.4. The fourth-order valence-corrected chi connectivity index (χ4v) is 8.52. The van der Waals surface area contributed by atoms with Gasteiger partial charge in [-0.3, -0.25) is 0 Å². The van der Waals surface area contributed by atoms with Crippen molar-refractivity contribution in [2.75, 3.05) is 0 Å². The number of carbonyl (C=O) groups excluding carboxylic acids is 1. The second-order valence-electron chi connectivity index (χ2n) is 11.5. The highest BCUT2D eigenvalue weighted by Crippen LogP contribution is 2.67. The summed E-state index contributed by atoms with van der Waals surface area (Å²) in [6.07, 6.45) is 16.2. The highest BCUT2D eigenvalue weighted by molar-refractivity contribution is 5.49. The molecule has 3 saturated carbocycles. The lowest BCUT2D eigenvalue weighted by atomic mass is 9.46. The molecule has 28 heavy (non-hydrogen) atoms. The van der Waals surface area contributed by atoms with Gasteiger partial charge in [0, 0.05) is 6.42 Å². The molecule has 0 bridgehead atoms. The molecule has 4 aliphatic carbocycles. The molecule has 2 nitrogen and oxygen atoms in total. The highest BCUT2D eigenvalue weighted by atomic mass is 16.3. The lowest BCUT2D eigenvalue weighted by molar-refractivity contribution is -0.108. The van der Waals surface area contributed by atoms with Crippen molar-refractivity contribution in [3.8, 4) is 0 Å². The van der Waals surface area contributed by atoms with Gasteiger partial charge in [0.1, 0.15) is 6.29 Å². The highest BCUT2D eigenvalue weighted by Gasteiger charge is 2.59. The zero-order chi connectivity index (χ0) is 20.2. The molecule has 0 amide bonds. The van der Waals surface area contributed by atoms with E-state index in [4.69, 9.17) is 0 Å². The van der Waals surface area contributed by atoms with Gasteiger partial charge in [-0.1, -0.05) is 39.3 Å². The van der Waals surface area contributed by atoms with Crippen LogP contribution in [-0.4, -0.2) is 17.0 Å². The molecule has 1 N–H and O–H groups in total. The summed E-state index contributed by atoms with van der Waals surface area (Å²) in [6, 6.07) is 0. The van der Waals surface area contributed by atoms with Gasteiger partial charge in [0.05, 0.1) is 5.60 Å². The van der Waals surface area contributed by atoms with Crippen molar-refractivity contribution >= 4 is 6.29 Å². The van der Waals surface area contributed by atoms with Crippen molar-refractivity contribution in [3.05, 3.63) is 11.6 Å². The SMILES string of the molecule is CC[C@]1(O)CCC2(C)C(=CC[C@@H]3[C@@H]2CC[C@]2(C)C([C@H](C)CCC=O)CC[C@@H]32)C1. The van der Waals surface area contributed by atoms with Crippen LogP contribution in [0, 0.1) is 40.4 Å². The second kappa shape index (κ2) is 7.25. The van der Waals surface area contributed by atoms with E-state index < -0.39 is 5.60 Å². The molecule has 3 fully saturated rings. The molecule has 0 spiro atoms. The Bertz CT molecular complexity index is 638. The van der Waals surface area contributed by atoms with Gasteiger partial charge < -0.3 is 9.90 Å². The van der Waals surface area contributed by atoms with Crippen LogP contribution in [-0.2, 0) is 4.79 Å². The van der Waals surface area contributed by atoms with Crippen LogP contribution in [0.4, 0.5) is 0 Å². The van der Waals surface area contributed by atoms with E-state index in [0.29, 0.717) is 16.7 Å². The summed E-state index contributed by atoms with van der Waals surface area (Å²) in [5.41, 5.74) is 1.94. The Labute approximate surface area is 172 Å². The molecule has 4 aliphatic rings. The fraction of sp³-hybridized carbons (Fsp3) is 0.885. The first kappa shape index (κ1) is 20.6. The second-order valence-corrected chi connectivity index (χ2v) is 11.5. The lowest BCUT2D eigenvalue weighted by Gasteiger charge is -2.59. The monoisotopic (exact) mass is 386 g/mol. The van der Waals surface area contributed by atoms with Crippen molar-refractivity contribution in [2.45, 2.75) is 104 Å². The Morgan fingerprint density at radius 1 is 1.18 bits per heavy atom. The third kappa shape index (κ3) is 3.04. The van der Waals surface area contributed by atoms with Gasteiger partial charge in [0.25, 0.3) is 0 Å². The Morgan fingerprint density at radius 2 is 1.96 bits per heavy atom. The van der Waals surface area contributed by atoms with E-state index >= 15 is 0 Å². The predicted octanol–water partition coefficient (Wildman–Crippen LogP) is 6.32. The van der Waals surface area contributed by atoms with Crippen LogP contribution >= 0.6 is 0 Å². The van der Waals surface area contributed by atoms with Gasteiger partial charge in [-0.2, -0.15) is 0 Å². The minimum atomic E-state index is -0.451. The van der Waals surface area contributed by atoms with Gasteiger partial charge in [-0.05, 0) is 105 Å². The average Bonchev–Trinajstić information content (AvgIpc) is 3.04. The molecule has 0 aliphatic heterocycles. The maximum atomic E-state index is 10.9. The van der Waals surface area contributed by atoms with Crippen LogP contribution in [0.5, 0.6) is 0 Å². The molecule has 0 radical (unpaired) electrons. The van der Waals surface area contributed by atoms with Crippen LogP contribution in [0.15, 0.2) is 11.6 Å². The molecule has 0 heterocycles. The number of fused-ring (bicyclic) bond motifs is 5. The van der Waals surface area contributed by atoms with Gasteiger partial charge in [-0.15, -0.1) is 0 Å². The van der Waals surface area contributed by atoms with E-state index in [-0.39, 0.29) is 0 Å². The normalized spacial score (nSPS) is 48.8. The third-order valence-electron chi connectivity index (χ3n) is 10.4. The summed E-state index contributed by atoms with van der Waals surface area (Å²) >= 11 is 0. The van der Waals surface area contributed by atoms with Crippen LogP contribution in [0.3, 0.4) is 0 Å². The molecule has 0 aromatic rings. The quantitative estimate of drug-likeness (QED) is 0.443. The van der Waals surface area contributed by atoms with Gasteiger partial charge >= 0.3 is 0 Å². The minimum Gasteiger partial charge on any atom is -0.390 e. The molecule has 0 aromatic heterocycles. The maximum Gasteiger partial charge on any atom is 0.120 e. The van der Waals surface area contributed by atoms with Gasteiger partial charge in [0.2, 0.25) is 0 Å². The Morgan fingerprint density at radius 3 is 2.68 bits per heavy atom. The summed E-state index contributed by atoms with van der Waals surface area (Å²) < 4.78 is 0. The zero-order valence-corrected chi connectivity index (χ0v) is 18.7. The molecule has 2 unspecified atom stereocenters. The largest absolute Gasteiger partial charge is 0.390 e. The molecular formula is C26H42O2. The number of hydrogen-bond donors (Lipinski definition) is 1. The first-order valence-electron chi connectivity index (χ1n) is 12.1. The van der Waals surface area contributed by atoms with E-state index in [1.807, 2.05) is 0 Å². The topological polar surface area (TPSA) is 37.3 Å². The van der Waals surface area contributed by atoms with Crippen molar-refractivity contribution in [1.29, 1.82) is 0 Å². The maximum absolute atomic E-state index is 10.9. The summed E-state index contributed by atoms with van der Waals surface area (Å²) in [4.78, 5) is 10.9. The number of hydrogen-bond acceptors (Lipinski definition) is 2. The van der Waals surface area contributed by atoms with Crippen LogP contribution in [0.2, 0.25) is 0 Å². The predicted molar refractivity (Wildman–Crippen MR) is 115 cm³/mol. The van der Waals surface area contributed by atoms with E-state index in [0.717, 1.165) is 62.1 Å². The van der Waals surface area contributed by atoms with Crippen LogP contribution in [0.25, 0.3) is 0 Å². The van der Waals surface area contributed by atoms with Crippen molar-refractivity contribution in [2.24, 2.45) is 40.4 Å². The van der Waals surface area contributed by atoms with Gasteiger partial charge in [-0.25, -0.2) is 0 Å². The zero-order valence-electron chi connectivity index (χ0n) is 18.7. The van der Waals surface area contributed by atoms with E-state index in [2.05, 4.69) is 33.8 Å². The van der Waals surface area contributed by atoms with E-state index in [1.165, 1.54) is 38.5 Å². The summed E-state index contributed by atoms with van der Waals surface area (Å²) in [7, 11) is 0. The first-order chi connectivity index (χ1) is 13.3. The van der Waals surface area contributed by atoms with E-state index in [1.54, 1.807) is 5.57 Å². The minimum absolute atomic E-state index is 0.326. The number of carbonyl (C=O) groups is 1. The molecule has 2 heteroatoms. The molecule has 0 saturated heterocycles. The van der Waals surface area contributed by atoms with Crippen LogP contribution in [0.1, 0.15) is 98.3 Å². The molecule has 8 atom stereocenters. The number of aliphatic hydroxyl groups is 1. The fourth-order valence-electron chi connectivity index (χ4n) is 8.52. The summed E-state index contributed by atoms with van der Waals surface area (Å²) in [5.74, 6) is 3.99. The molecular weight excluding hydrogens is 344 g/mol. The van der Waals surface area contributed by atoms with Gasteiger partial charge in [0.15, 0.2) is 0 Å². The van der Waals surface area contributed by atoms with E-state index in [9.17, 15) is 9.90 Å². The number of aldehydes is 1. The molecule has 4 rings (SSSR count). The summed E-state index contributed by atoms with van der Waals surface area (Å²) in [6.45, 7) is 9.68. The Kier molecular flexibility index (Phi) is 5.35. The first-order valence-corrected chi connectivity index (χ1v) is 12.1. The number of allylic oxidation sites excluding steroid dienone is 1. The Balaban J connectivity index is 1.56. The van der Waals surface area contributed by atoms with Crippen molar-refractivity contribution in [1.82, 2.24) is 0 Å². The smallest absolute Gasteiger partial charge is 0.120 e. The van der Waals surface area contributed by atoms with Crippen molar-refractivity contribution in [3.63, 3.8) is 0 Å². The molecule has 158 valence electrons. The Hall–Kier alpha value is -0.630. The standard InChI is InChI=1S/C26H42O2/c1-5-26(28)15-14-24(3)19(17-26)8-9-20-22-11-10-21(18(2)7-6-16-27)25(22,4)13-12-23(20)24/h8,16,18,20-23,28H,5-7,9-15,17H2,1-4H3/t18-,20+,21?,22+,23+,24?,25-,26+/m1/s1. The van der Waals surface area contributed by atoms with Crippen LogP contribution < -0.4 is 0 Å². The molecule has 0 aromatic carbocycles. The average molecular weight is 387 g/mol. The van der Waals surface area contributed by atoms with Crippen molar-refractivity contribution < 1.29 is 9.90 Å².